The highest BCUT2D eigenvalue weighted by atomic mass is 35.5. The van der Waals surface area contributed by atoms with Gasteiger partial charge in [-0.15, -0.1) is 13.2 Å². The van der Waals surface area contributed by atoms with Crippen molar-refractivity contribution in [2.24, 2.45) is 0 Å². The fraction of sp³-hybridized carbons (Fsp3) is 0.381. The molecule has 2 aromatic heterocycles. The van der Waals surface area contributed by atoms with Gasteiger partial charge in [0.15, 0.2) is 0 Å². The molecule has 0 aliphatic carbocycles. The fourth-order valence-corrected chi connectivity index (χ4v) is 3.90. The average Bonchev–Trinajstić information content (AvgIpc) is 3.17. The van der Waals surface area contributed by atoms with E-state index in [1.165, 1.54) is 12.1 Å². The van der Waals surface area contributed by atoms with E-state index in [4.69, 9.17) is 20.9 Å². The maximum absolute atomic E-state index is 12.6. The van der Waals surface area contributed by atoms with Crippen LogP contribution >= 0.6 is 11.6 Å². The van der Waals surface area contributed by atoms with Gasteiger partial charge in [-0.1, -0.05) is 23.7 Å². The summed E-state index contributed by atoms with van der Waals surface area (Å²) in [6.07, 6.45) is -2.66. The van der Waals surface area contributed by atoms with Crippen LogP contribution in [0, 0.1) is 0 Å². The molecule has 0 amide bonds. The van der Waals surface area contributed by atoms with Crippen LogP contribution in [0.2, 0.25) is 5.02 Å². The van der Waals surface area contributed by atoms with Crippen molar-refractivity contribution in [1.82, 2.24) is 9.61 Å². The van der Waals surface area contributed by atoms with Gasteiger partial charge in [-0.25, -0.2) is 4.52 Å². The third-order valence-corrected chi connectivity index (χ3v) is 6.02. The first-order valence-corrected chi connectivity index (χ1v) is 10.3. The summed E-state index contributed by atoms with van der Waals surface area (Å²) in [7, 11) is -0.841. The molecule has 3 aromatic rings. The highest BCUT2D eigenvalue weighted by Crippen LogP contribution is 2.40. The van der Waals surface area contributed by atoms with E-state index in [2.05, 4.69) is 9.84 Å². The van der Waals surface area contributed by atoms with E-state index in [0.717, 1.165) is 17.3 Å². The Balaban J connectivity index is 1.59. The van der Waals surface area contributed by atoms with E-state index in [1.807, 2.05) is 26.8 Å². The lowest BCUT2D eigenvalue weighted by Crippen LogP contribution is -2.46. The zero-order chi connectivity index (χ0) is 23.3. The molecule has 1 unspecified atom stereocenters. The summed E-state index contributed by atoms with van der Waals surface area (Å²) in [6, 6.07) is 9.43. The summed E-state index contributed by atoms with van der Waals surface area (Å²) in [6.45, 7) is 5.04. The molecule has 1 aliphatic rings. The predicted molar refractivity (Wildman–Crippen MR) is 113 cm³/mol. The van der Waals surface area contributed by atoms with Crippen molar-refractivity contribution < 1.29 is 32.3 Å². The summed E-state index contributed by atoms with van der Waals surface area (Å²) in [5, 5.41) is 14.7. The lowest BCUT2D eigenvalue weighted by Gasteiger charge is -2.35. The Morgan fingerprint density at radius 3 is 2.59 bits per heavy atom. The maximum atomic E-state index is 12.6. The number of alkyl halides is 3. The van der Waals surface area contributed by atoms with E-state index in [0.29, 0.717) is 16.9 Å². The van der Waals surface area contributed by atoms with Gasteiger partial charge < -0.3 is 19.2 Å². The number of fused-ring (bicyclic) bond motifs is 1. The van der Waals surface area contributed by atoms with E-state index < -0.39 is 37.0 Å². The van der Waals surface area contributed by atoms with Crippen LogP contribution in [0.1, 0.15) is 32.0 Å². The second kappa shape index (κ2) is 7.95. The molecular formula is C21H21BClF3N2O4. The number of hydrogen-bond acceptors (Lipinski definition) is 5. The normalized spacial score (nSPS) is 20.8. The van der Waals surface area contributed by atoms with Crippen LogP contribution in [-0.2, 0) is 22.3 Å². The minimum absolute atomic E-state index is 0.0179. The minimum atomic E-state index is -4.86. The average molecular weight is 469 g/mol. The summed E-state index contributed by atoms with van der Waals surface area (Å²) in [5.74, 6) is -0.466. The highest BCUT2D eigenvalue weighted by Gasteiger charge is 2.55. The zero-order valence-corrected chi connectivity index (χ0v) is 18.4. The van der Waals surface area contributed by atoms with Crippen LogP contribution in [0.15, 0.2) is 42.6 Å². The third-order valence-electron chi connectivity index (χ3n) is 5.79. The summed E-state index contributed by atoms with van der Waals surface area (Å²) < 4.78 is 55.9. The molecule has 1 aliphatic heterocycles. The van der Waals surface area contributed by atoms with Crippen molar-refractivity contribution in [1.29, 1.82) is 0 Å². The predicted octanol–water partition coefficient (Wildman–Crippen LogP) is 3.90. The Morgan fingerprint density at radius 1 is 1.16 bits per heavy atom. The topological polar surface area (TPSA) is 65.2 Å². The van der Waals surface area contributed by atoms with Gasteiger partial charge in [0.25, 0.3) is 0 Å². The fourth-order valence-electron chi connectivity index (χ4n) is 3.73. The Morgan fingerprint density at radius 2 is 1.91 bits per heavy atom. The molecule has 170 valence electrons. The van der Waals surface area contributed by atoms with Gasteiger partial charge in [0.1, 0.15) is 5.75 Å². The molecule has 0 radical (unpaired) electrons. The Kier molecular flexibility index (Phi) is 5.69. The quantitative estimate of drug-likeness (QED) is 0.576. The number of pyridine rings is 1. The second-order valence-corrected chi connectivity index (χ2v) is 8.85. The Bertz CT molecular complexity index is 1150. The maximum Gasteiger partial charge on any atom is 0.573 e. The number of benzene rings is 1. The molecule has 11 heteroatoms. The van der Waals surface area contributed by atoms with Gasteiger partial charge in [0.05, 0.1) is 29.0 Å². The molecule has 1 atom stereocenters. The minimum Gasteiger partial charge on any atom is -0.405 e. The van der Waals surface area contributed by atoms with Gasteiger partial charge in [0, 0.05) is 23.2 Å². The first kappa shape index (κ1) is 22.9. The van der Waals surface area contributed by atoms with Crippen LogP contribution < -0.4 is 10.2 Å². The summed E-state index contributed by atoms with van der Waals surface area (Å²) >= 11 is 6.05. The van der Waals surface area contributed by atoms with Crippen molar-refractivity contribution in [3.05, 3.63) is 58.9 Å². The van der Waals surface area contributed by atoms with Crippen LogP contribution in [-0.4, -0.2) is 39.4 Å². The van der Waals surface area contributed by atoms with Crippen molar-refractivity contribution >= 4 is 29.7 Å². The molecule has 1 aromatic carbocycles. The number of nitrogens with zero attached hydrogens (tertiary/aromatic N) is 2. The second-order valence-electron chi connectivity index (χ2n) is 8.41. The molecule has 0 bridgehead atoms. The SMILES string of the molecule is CC1(C)OB(c2ccc(OC(F)(F)F)c(CO)c2)OC1(C)Cc1cc2cc(Cl)ccn2n1. The molecule has 4 rings (SSSR count). The molecule has 1 saturated heterocycles. The number of aliphatic hydroxyl groups is 1. The number of aromatic nitrogens is 2. The molecular weight excluding hydrogens is 448 g/mol. The first-order valence-electron chi connectivity index (χ1n) is 9.88. The molecule has 1 fully saturated rings. The molecule has 0 spiro atoms. The van der Waals surface area contributed by atoms with Gasteiger partial charge in [-0.2, -0.15) is 5.10 Å². The Labute approximate surface area is 188 Å². The molecule has 1 N–H and O–H groups in total. The number of ether oxygens (including phenoxy) is 1. The standard InChI is InChI=1S/C21H21BClF3N2O4/c1-19(2)20(3,11-16-10-17-9-15(23)6-7-28(17)27-16)32-22(31-19)14-4-5-18(13(8-14)12-29)30-21(24,25)26/h4-10,29H,11-12H2,1-3H3. The molecule has 32 heavy (non-hydrogen) atoms. The van der Waals surface area contributed by atoms with Crippen molar-refractivity contribution in [3.8, 4) is 5.75 Å². The van der Waals surface area contributed by atoms with Gasteiger partial charge in [-0.05, 0) is 50.5 Å². The smallest absolute Gasteiger partial charge is 0.405 e. The van der Waals surface area contributed by atoms with Crippen molar-refractivity contribution in [2.45, 2.75) is 51.4 Å². The van der Waals surface area contributed by atoms with E-state index in [-0.39, 0.29) is 5.56 Å². The Hall–Kier alpha value is -2.27. The van der Waals surface area contributed by atoms with Gasteiger partial charge >= 0.3 is 13.5 Å². The van der Waals surface area contributed by atoms with E-state index in [1.54, 1.807) is 22.8 Å². The molecule has 6 nitrogen and oxygen atoms in total. The number of aliphatic hydroxyl groups excluding tert-OH is 1. The summed E-state index contributed by atoms with van der Waals surface area (Å²) in [4.78, 5) is 0. The first-order chi connectivity index (χ1) is 14.9. The van der Waals surface area contributed by atoms with Crippen molar-refractivity contribution in [2.75, 3.05) is 0 Å². The van der Waals surface area contributed by atoms with Crippen LogP contribution in [0.5, 0.6) is 5.75 Å². The molecule has 3 heterocycles. The van der Waals surface area contributed by atoms with E-state index >= 15 is 0 Å². The molecule has 0 saturated carbocycles. The van der Waals surface area contributed by atoms with Gasteiger partial charge in [0.2, 0.25) is 0 Å². The number of halogens is 4. The number of hydrogen-bond donors (Lipinski definition) is 1. The number of rotatable bonds is 5. The van der Waals surface area contributed by atoms with Crippen LogP contribution in [0.4, 0.5) is 13.2 Å². The van der Waals surface area contributed by atoms with Gasteiger partial charge in [-0.3, -0.25) is 0 Å². The highest BCUT2D eigenvalue weighted by molar-refractivity contribution is 6.62. The largest absolute Gasteiger partial charge is 0.573 e. The zero-order valence-electron chi connectivity index (χ0n) is 17.6. The van der Waals surface area contributed by atoms with Crippen molar-refractivity contribution in [3.63, 3.8) is 0 Å². The third kappa shape index (κ3) is 4.45. The lowest BCUT2D eigenvalue weighted by molar-refractivity contribution is -0.275. The lowest BCUT2D eigenvalue weighted by atomic mass is 9.78. The van der Waals surface area contributed by atoms with Crippen LogP contribution in [0.3, 0.4) is 0 Å². The monoisotopic (exact) mass is 468 g/mol. The van der Waals surface area contributed by atoms with E-state index in [9.17, 15) is 18.3 Å². The van der Waals surface area contributed by atoms with Crippen LogP contribution in [0.25, 0.3) is 5.52 Å². The summed E-state index contributed by atoms with van der Waals surface area (Å²) in [5.41, 5.74) is 0.540.